The van der Waals surface area contributed by atoms with Gasteiger partial charge in [0.2, 0.25) is 0 Å². The molecule has 0 aromatic carbocycles. The molecule has 0 spiro atoms. The molecule has 0 saturated heterocycles. The Labute approximate surface area is 109 Å². The SMILES string of the molecule is CC1(C)[C@H](Cc2noc(C(F)(F)F)n2)CC[C@]1(C)N. The summed E-state index contributed by atoms with van der Waals surface area (Å²) < 4.78 is 41.4. The molecular formula is C12H18F3N3O. The van der Waals surface area contributed by atoms with Crippen molar-refractivity contribution in [2.45, 2.75) is 51.7 Å². The van der Waals surface area contributed by atoms with Crippen LogP contribution < -0.4 is 5.73 Å². The lowest BCUT2D eigenvalue weighted by molar-refractivity contribution is -0.159. The molecular weight excluding hydrogens is 259 g/mol. The number of hydrogen-bond donors (Lipinski definition) is 1. The molecule has 0 amide bonds. The van der Waals surface area contributed by atoms with E-state index in [4.69, 9.17) is 5.73 Å². The molecule has 0 radical (unpaired) electrons. The van der Waals surface area contributed by atoms with E-state index in [-0.39, 0.29) is 22.7 Å². The average molecular weight is 277 g/mol. The summed E-state index contributed by atoms with van der Waals surface area (Å²) >= 11 is 0. The van der Waals surface area contributed by atoms with E-state index in [1.54, 1.807) is 0 Å². The molecule has 19 heavy (non-hydrogen) atoms. The summed E-state index contributed by atoms with van der Waals surface area (Å²) in [4.78, 5) is 3.41. The monoisotopic (exact) mass is 277 g/mol. The van der Waals surface area contributed by atoms with Gasteiger partial charge < -0.3 is 10.3 Å². The van der Waals surface area contributed by atoms with Crippen molar-refractivity contribution < 1.29 is 17.7 Å². The topological polar surface area (TPSA) is 64.9 Å². The van der Waals surface area contributed by atoms with Crippen LogP contribution in [0.15, 0.2) is 4.52 Å². The maximum absolute atomic E-state index is 12.4. The first-order valence-electron chi connectivity index (χ1n) is 6.23. The van der Waals surface area contributed by atoms with Gasteiger partial charge in [-0.25, -0.2) is 0 Å². The van der Waals surface area contributed by atoms with Gasteiger partial charge in [0.15, 0.2) is 5.82 Å². The molecule has 108 valence electrons. The number of nitrogens with two attached hydrogens (primary N) is 1. The Kier molecular flexibility index (Phi) is 3.16. The van der Waals surface area contributed by atoms with E-state index in [1.165, 1.54) is 0 Å². The average Bonchev–Trinajstić information content (AvgIpc) is 2.77. The van der Waals surface area contributed by atoms with E-state index in [0.717, 1.165) is 12.8 Å². The normalized spacial score (nSPS) is 30.8. The van der Waals surface area contributed by atoms with Crippen LogP contribution in [0.2, 0.25) is 0 Å². The van der Waals surface area contributed by atoms with Gasteiger partial charge in [-0.2, -0.15) is 18.2 Å². The molecule has 1 aromatic heterocycles. The second kappa shape index (κ2) is 4.19. The van der Waals surface area contributed by atoms with Crippen LogP contribution in [-0.4, -0.2) is 15.7 Å². The highest BCUT2D eigenvalue weighted by molar-refractivity contribution is 5.06. The van der Waals surface area contributed by atoms with Crippen molar-refractivity contribution in [1.29, 1.82) is 0 Å². The third-order valence-electron chi connectivity index (χ3n) is 4.64. The Bertz CT molecular complexity index is 465. The molecule has 2 atom stereocenters. The zero-order valence-electron chi connectivity index (χ0n) is 11.2. The van der Waals surface area contributed by atoms with E-state index < -0.39 is 12.1 Å². The third-order valence-corrected chi connectivity index (χ3v) is 4.64. The van der Waals surface area contributed by atoms with Crippen molar-refractivity contribution in [3.05, 3.63) is 11.7 Å². The summed E-state index contributed by atoms with van der Waals surface area (Å²) in [6.45, 7) is 6.05. The largest absolute Gasteiger partial charge is 0.471 e. The van der Waals surface area contributed by atoms with Gasteiger partial charge in [0.05, 0.1) is 0 Å². The Hall–Kier alpha value is -1.11. The van der Waals surface area contributed by atoms with Gasteiger partial charge in [0.1, 0.15) is 0 Å². The summed E-state index contributed by atoms with van der Waals surface area (Å²) in [6.07, 6.45) is -2.53. The molecule has 0 bridgehead atoms. The molecule has 2 N–H and O–H groups in total. The molecule has 1 aromatic rings. The Morgan fingerprint density at radius 2 is 2.00 bits per heavy atom. The molecule has 2 rings (SSSR count). The van der Waals surface area contributed by atoms with Crippen LogP contribution in [0, 0.1) is 11.3 Å². The molecule has 4 nitrogen and oxygen atoms in total. The van der Waals surface area contributed by atoms with Crippen LogP contribution in [0.1, 0.15) is 45.3 Å². The minimum absolute atomic E-state index is 0.100. The quantitative estimate of drug-likeness (QED) is 0.902. The maximum Gasteiger partial charge on any atom is 0.471 e. The van der Waals surface area contributed by atoms with Gasteiger partial charge in [0.25, 0.3) is 0 Å². The highest BCUT2D eigenvalue weighted by atomic mass is 19.4. The molecule has 0 unspecified atom stereocenters. The van der Waals surface area contributed by atoms with Crippen molar-refractivity contribution in [2.24, 2.45) is 17.1 Å². The minimum atomic E-state index is -4.58. The number of aromatic nitrogens is 2. The van der Waals surface area contributed by atoms with Crippen molar-refractivity contribution in [1.82, 2.24) is 10.1 Å². The first-order chi connectivity index (χ1) is 8.54. The number of hydrogen-bond acceptors (Lipinski definition) is 4. The Morgan fingerprint density at radius 3 is 2.42 bits per heavy atom. The molecule has 1 aliphatic carbocycles. The van der Waals surface area contributed by atoms with Crippen LogP contribution in [0.5, 0.6) is 0 Å². The third kappa shape index (κ3) is 2.48. The van der Waals surface area contributed by atoms with Crippen molar-refractivity contribution in [2.75, 3.05) is 0 Å². The first kappa shape index (κ1) is 14.3. The second-order valence-electron chi connectivity index (χ2n) is 6.09. The Morgan fingerprint density at radius 1 is 1.37 bits per heavy atom. The molecule has 1 fully saturated rings. The molecule has 1 saturated carbocycles. The van der Waals surface area contributed by atoms with Gasteiger partial charge in [-0.3, -0.25) is 0 Å². The highest BCUT2D eigenvalue weighted by Gasteiger charge is 2.49. The van der Waals surface area contributed by atoms with E-state index in [1.807, 2.05) is 20.8 Å². The number of alkyl halides is 3. The van der Waals surface area contributed by atoms with Crippen LogP contribution in [0.4, 0.5) is 13.2 Å². The molecule has 0 aliphatic heterocycles. The number of rotatable bonds is 2. The van der Waals surface area contributed by atoms with Gasteiger partial charge in [-0.05, 0) is 31.1 Å². The van der Waals surface area contributed by atoms with Crippen LogP contribution in [0.25, 0.3) is 0 Å². The molecule has 1 aliphatic rings. The lowest BCUT2D eigenvalue weighted by Gasteiger charge is -2.38. The fourth-order valence-corrected chi connectivity index (χ4v) is 2.65. The Balaban J connectivity index is 2.13. The van der Waals surface area contributed by atoms with E-state index in [0.29, 0.717) is 6.42 Å². The lowest BCUT2D eigenvalue weighted by atomic mass is 9.71. The highest BCUT2D eigenvalue weighted by Crippen LogP contribution is 2.49. The molecule has 1 heterocycles. The van der Waals surface area contributed by atoms with Gasteiger partial charge in [0, 0.05) is 12.0 Å². The van der Waals surface area contributed by atoms with Gasteiger partial charge >= 0.3 is 12.1 Å². The standard InChI is InChI=1S/C12H18F3N3O/c1-10(2)7(4-5-11(10,3)16)6-8-17-9(19-18-8)12(13,14)15/h7H,4-6,16H2,1-3H3/t7-,11-/m0/s1. The fourth-order valence-electron chi connectivity index (χ4n) is 2.65. The predicted molar refractivity (Wildman–Crippen MR) is 62.1 cm³/mol. The zero-order valence-corrected chi connectivity index (χ0v) is 11.2. The van der Waals surface area contributed by atoms with E-state index in [2.05, 4.69) is 14.7 Å². The summed E-state index contributed by atoms with van der Waals surface area (Å²) in [6, 6.07) is 0. The van der Waals surface area contributed by atoms with Crippen LogP contribution in [-0.2, 0) is 12.6 Å². The molecule has 7 heteroatoms. The lowest BCUT2D eigenvalue weighted by Crippen LogP contribution is -2.48. The fraction of sp³-hybridized carbons (Fsp3) is 0.833. The van der Waals surface area contributed by atoms with Gasteiger partial charge in [-0.15, -0.1) is 0 Å². The van der Waals surface area contributed by atoms with E-state index in [9.17, 15) is 13.2 Å². The predicted octanol–water partition coefficient (Wildman–Crippen LogP) is 2.78. The summed E-state index contributed by atoms with van der Waals surface area (Å²) in [5.41, 5.74) is 5.73. The number of nitrogens with zero attached hydrogens (tertiary/aromatic N) is 2. The minimum Gasteiger partial charge on any atom is -0.329 e. The van der Waals surface area contributed by atoms with Crippen LogP contribution >= 0.6 is 0 Å². The van der Waals surface area contributed by atoms with Crippen molar-refractivity contribution in [3.63, 3.8) is 0 Å². The summed E-state index contributed by atoms with van der Waals surface area (Å²) in [5, 5.41) is 3.41. The zero-order chi connectivity index (χ0) is 14.5. The first-order valence-corrected chi connectivity index (χ1v) is 6.23. The maximum atomic E-state index is 12.4. The van der Waals surface area contributed by atoms with E-state index >= 15 is 0 Å². The smallest absolute Gasteiger partial charge is 0.329 e. The van der Waals surface area contributed by atoms with Crippen LogP contribution in [0.3, 0.4) is 0 Å². The second-order valence-corrected chi connectivity index (χ2v) is 6.09. The summed E-state index contributed by atoms with van der Waals surface area (Å²) in [7, 11) is 0. The summed E-state index contributed by atoms with van der Waals surface area (Å²) in [5.74, 6) is -1.03. The van der Waals surface area contributed by atoms with Crippen molar-refractivity contribution in [3.8, 4) is 0 Å². The van der Waals surface area contributed by atoms with Crippen molar-refractivity contribution >= 4 is 0 Å². The van der Waals surface area contributed by atoms with Gasteiger partial charge in [-0.1, -0.05) is 19.0 Å². The number of halogens is 3.